The summed E-state index contributed by atoms with van der Waals surface area (Å²) >= 11 is 1.61. The highest BCUT2D eigenvalue weighted by Crippen LogP contribution is 2.19. The van der Waals surface area contributed by atoms with Crippen LogP contribution in [0.15, 0.2) is 34.4 Å². The number of nitrogens with one attached hydrogen (secondary N) is 1. The highest BCUT2D eigenvalue weighted by molar-refractivity contribution is 7.16. The van der Waals surface area contributed by atoms with Crippen molar-refractivity contribution in [2.45, 2.75) is 26.3 Å². The van der Waals surface area contributed by atoms with Crippen molar-refractivity contribution < 1.29 is 0 Å². The molecule has 0 aliphatic rings. The van der Waals surface area contributed by atoms with E-state index in [-0.39, 0.29) is 5.43 Å². The Kier molecular flexibility index (Phi) is 3.25. The lowest BCUT2D eigenvalue weighted by molar-refractivity contribution is 0.764. The summed E-state index contributed by atoms with van der Waals surface area (Å²) in [6, 6.07) is 8.06. The second kappa shape index (κ2) is 4.66. The van der Waals surface area contributed by atoms with Crippen molar-refractivity contribution in [1.82, 2.24) is 0 Å². The van der Waals surface area contributed by atoms with E-state index in [1.165, 1.54) is 0 Å². The lowest BCUT2D eigenvalue weighted by Gasteiger charge is -2.12. The van der Waals surface area contributed by atoms with Gasteiger partial charge in [-0.05, 0) is 25.5 Å². The zero-order chi connectivity index (χ0) is 11.5. The van der Waals surface area contributed by atoms with Gasteiger partial charge in [0.1, 0.15) is 0 Å². The monoisotopic (exact) mass is 233 g/mol. The highest BCUT2D eigenvalue weighted by atomic mass is 32.1. The molecule has 1 unspecified atom stereocenters. The van der Waals surface area contributed by atoms with Crippen LogP contribution in [0, 0.1) is 0 Å². The summed E-state index contributed by atoms with van der Waals surface area (Å²) in [6.45, 7) is 4.19. The van der Waals surface area contributed by atoms with Crippen molar-refractivity contribution in [3.05, 3.63) is 39.9 Å². The standard InChI is InChI=1S/C13H15NOS/c1-3-9(2)14-11-8-16-12-7-5-4-6-10(12)13(11)15/h4-9,14H,3H2,1-2H3. The molecule has 1 heterocycles. The lowest BCUT2D eigenvalue weighted by atomic mass is 10.2. The summed E-state index contributed by atoms with van der Waals surface area (Å²) in [5, 5.41) is 5.97. The first-order valence-corrected chi connectivity index (χ1v) is 6.37. The zero-order valence-corrected chi connectivity index (χ0v) is 10.3. The summed E-state index contributed by atoms with van der Waals surface area (Å²) in [6.07, 6.45) is 1.01. The Labute approximate surface area is 98.9 Å². The Morgan fingerprint density at radius 2 is 2.12 bits per heavy atom. The third-order valence-electron chi connectivity index (χ3n) is 2.69. The van der Waals surface area contributed by atoms with E-state index in [1.807, 2.05) is 29.6 Å². The maximum absolute atomic E-state index is 12.1. The number of benzene rings is 1. The number of hydrogen-bond acceptors (Lipinski definition) is 3. The summed E-state index contributed by atoms with van der Waals surface area (Å²) in [5.74, 6) is 0. The minimum atomic E-state index is 0.106. The fourth-order valence-electron chi connectivity index (χ4n) is 1.55. The molecule has 1 aromatic heterocycles. The Bertz CT molecular complexity index is 547. The average Bonchev–Trinajstić information content (AvgIpc) is 2.33. The van der Waals surface area contributed by atoms with Gasteiger partial charge in [0.2, 0.25) is 5.43 Å². The zero-order valence-electron chi connectivity index (χ0n) is 9.49. The van der Waals surface area contributed by atoms with Crippen LogP contribution in [0.4, 0.5) is 5.69 Å². The van der Waals surface area contributed by atoms with Crippen molar-refractivity contribution in [2.75, 3.05) is 5.32 Å². The molecule has 2 aromatic rings. The molecule has 0 fully saturated rings. The number of fused-ring (bicyclic) bond motifs is 1. The summed E-state index contributed by atoms with van der Waals surface area (Å²) < 4.78 is 1.04. The van der Waals surface area contributed by atoms with Gasteiger partial charge in [0.05, 0.1) is 5.69 Å². The smallest absolute Gasteiger partial charge is 0.211 e. The minimum Gasteiger partial charge on any atom is -0.379 e. The first-order valence-electron chi connectivity index (χ1n) is 5.49. The van der Waals surface area contributed by atoms with Gasteiger partial charge in [-0.2, -0.15) is 0 Å². The van der Waals surface area contributed by atoms with E-state index in [9.17, 15) is 4.79 Å². The lowest BCUT2D eigenvalue weighted by Crippen LogP contribution is -2.19. The van der Waals surface area contributed by atoms with Crippen LogP contribution in [0.2, 0.25) is 0 Å². The van der Waals surface area contributed by atoms with Crippen LogP contribution in [-0.2, 0) is 0 Å². The van der Waals surface area contributed by atoms with Crippen molar-refractivity contribution in [1.29, 1.82) is 0 Å². The third kappa shape index (κ3) is 2.09. The summed E-state index contributed by atoms with van der Waals surface area (Å²) in [4.78, 5) is 12.1. The maximum atomic E-state index is 12.1. The van der Waals surface area contributed by atoms with Crippen molar-refractivity contribution in [3.8, 4) is 0 Å². The maximum Gasteiger partial charge on any atom is 0.211 e. The molecule has 1 aromatic carbocycles. The third-order valence-corrected chi connectivity index (χ3v) is 3.66. The molecule has 0 radical (unpaired) electrons. The highest BCUT2D eigenvalue weighted by Gasteiger charge is 2.06. The van der Waals surface area contributed by atoms with E-state index < -0.39 is 0 Å². The fourth-order valence-corrected chi connectivity index (χ4v) is 2.41. The molecule has 0 amide bonds. The quantitative estimate of drug-likeness (QED) is 0.879. The second-order valence-electron chi connectivity index (χ2n) is 3.93. The second-order valence-corrected chi connectivity index (χ2v) is 4.84. The van der Waals surface area contributed by atoms with Gasteiger partial charge < -0.3 is 5.32 Å². The molecule has 3 heteroatoms. The number of anilines is 1. The molecule has 0 aliphatic carbocycles. The van der Waals surface area contributed by atoms with Gasteiger partial charge in [0, 0.05) is 21.5 Å². The molecule has 2 rings (SSSR count). The topological polar surface area (TPSA) is 29.1 Å². The van der Waals surface area contributed by atoms with E-state index in [0.29, 0.717) is 6.04 Å². The normalized spacial score (nSPS) is 12.6. The van der Waals surface area contributed by atoms with Crippen molar-refractivity contribution in [2.24, 2.45) is 0 Å². The molecule has 0 bridgehead atoms. The fraction of sp³-hybridized carbons (Fsp3) is 0.308. The van der Waals surface area contributed by atoms with E-state index in [4.69, 9.17) is 0 Å². The van der Waals surface area contributed by atoms with Gasteiger partial charge in [0.25, 0.3) is 0 Å². The van der Waals surface area contributed by atoms with Gasteiger partial charge in [-0.1, -0.05) is 19.1 Å². The predicted molar refractivity (Wildman–Crippen MR) is 71.5 cm³/mol. The molecule has 0 saturated heterocycles. The predicted octanol–water partition coefficient (Wildman–Crippen LogP) is 3.47. The molecule has 2 nitrogen and oxygen atoms in total. The van der Waals surface area contributed by atoms with Crippen molar-refractivity contribution >= 4 is 27.1 Å². The van der Waals surface area contributed by atoms with Crippen LogP contribution in [0.25, 0.3) is 10.1 Å². The van der Waals surface area contributed by atoms with E-state index in [2.05, 4.69) is 19.2 Å². The van der Waals surface area contributed by atoms with Gasteiger partial charge in [-0.25, -0.2) is 0 Å². The van der Waals surface area contributed by atoms with Gasteiger partial charge >= 0.3 is 0 Å². The average molecular weight is 233 g/mol. The molecule has 84 valence electrons. The van der Waals surface area contributed by atoms with Crippen LogP contribution < -0.4 is 10.7 Å². The molecule has 1 atom stereocenters. The Morgan fingerprint density at radius 3 is 2.88 bits per heavy atom. The summed E-state index contributed by atoms with van der Waals surface area (Å²) in [7, 11) is 0. The molecule has 16 heavy (non-hydrogen) atoms. The van der Waals surface area contributed by atoms with E-state index in [0.717, 1.165) is 22.2 Å². The van der Waals surface area contributed by atoms with E-state index in [1.54, 1.807) is 11.3 Å². The van der Waals surface area contributed by atoms with Crippen LogP contribution in [0.3, 0.4) is 0 Å². The van der Waals surface area contributed by atoms with Gasteiger partial charge in [-0.15, -0.1) is 11.3 Å². The van der Waals surface area contributed by atoms with Gasteiger partial charge in [-0.3, -0.25) is 4.79 Å². The molecular weight excluding hydrogens is 218 g/mol. The van der Waals surface area contributed by atoms with Crippen LogP contribution in [0.5, 0.6) is 0 Å². The summed E-state index contributed by atoms with van der Waals surface area (Å²) in [5.41, 5.74) is 0.827. The molecular formula is C13H15NOS. The molecule has 1 N–H and O–H groups in total. The van der Waals surface area contributed by atoms with Crippen molar-refractivity contribution in [3.63, 3.8) is 0 Å². The minimum absolute atomic E-state index is 0.106. The number of rotatable bonds is 3. The first-order chi connectivity index (χ1) is 7.72. The Morgan fingerprint density at radius 1 is 1.38 bits per heavy atom. The molecule has 0 saturated carbocycles. The van der Waals surface area contributed by atoms with Gasteiger partial charge in [0.15, 0.2) is 0 Å². The number of hydrogen-bond donors (Lipinski definition) is 1. The Balaban J connectivity index is 2.49. The van der Waals surface area contributed by atoms with Crippen LogP contribution in [0.1, 0.15) is 20.3 Å². The van der Waals surface area contributed by atoms with E-state index >= 15 is 0 Å². The van der Waals surface area contributed by atoms with Crippen LogP contribution in [-0.4, -0.2) is 6.04 Å². The molecule has 0 spiro atoms. The Hall–Kier alpha value is -1.35. The molecule has 0 aliphatic heterocycles. The largest absolute Gasteiger partial charge is 0.379 e. The SMILES string of the molecule is CCC(C)Nc1csc2ccccc2c1=O. The van der Waals surface area contributed by atoms with Crippen LogP contribution >= 0.6 is 11.3 Å². The first kappa shape index (κ1) is 11.1.